The van der Waals surface area contributed by atoms with Crippen molar-refractivity contribution in [1.82, 2.24) is 5.32 Å². The summed E-state index contributed by atoms with van der Waals surface area (Å²) in [4.78, 5) is 21.9. The molecule has 1 heterocycles. The summed E-state index contributed by atoms with van der Waals surface area (Å²) in [6.45, 7) is 0.937. The van der Waals surface area contributed by atoms with Crippen LogP contribution in [0.2, 0.25) is 0 Å². The van der Waals surface area contributed by atoms with E-state index in [4.69, 9.17) is 9.84 Å². The van der Waals surface area contributed by atoms with Gasteiger partial charge in [-0.25, -0.2) is 0 Å². The normalized spacial score (nSPS) is 18.6. The summed E-state index contributed by atoms with van der Waals surface area (Å²) in [5, 5.41) is 20.6. The number of nitrogens with one attached hydrogen (secondary N) is 1. The highest BCUT2D eigenvalue weighted by Crippen LogP contribution is 2.20. The number of carbonyl (C=O) groups is 2. The van der Waals surface area contributed by atoms with E-state index < -0.39 is 11.5 Å². The SMILES string of the molecule is O=C(O)CCCC(=O)NC1(CO)CCOCC1. The molecule has 0 aliphatic carbocycles. The lowest BCUT2D eigenvalue weighted by atomic mass is 9.90. The summed E-state index contributed by atoms with van der Waals surface area (Å²) < 4.78 is 5.18. The van der Waals surface area contributed by atoms with E-state index in [1.54, 1.807) is 0 Å². The third kappa shape index (κ3) is 4.70. The highest BCUT2D eigenvalue weighted by Gasteiger charge is 2.33. The molecule has 1 aliphatic rings. The van der Waals surface area contributed by atoms with E-state index in [2.05, 4.69) is 5.32 Å². The lowest BCUT2D eigenvalue weighted by Crippen LogP contribution is -2.54. The second kappa shape index (κ2) is 6.56. The fourth-order valence-corrected chi connectivity index (χ4v) is 1.84. The van der Waals surface area contributed by atoms with Gasteiger partial charge in [0.1, 0.15) is 0 Å². The van der Waals surface area contributed by atoms with Gasteiger partial charge in [-0.05, 0) is 19.3 Å². The molecule has 1 aliphatic heterocycles. The van der Waals surface area contributed by atoms with Crippen LogP contribution in [0.15, 0.2) is 0 Å². The lowest BCUT2D eigenvalue weighted by Gasteiger charge is -2.36. The van der Waals surface area contributed by atoms with Crippen LogP contribution in [0, 0.1) is 0 Å². The first-order valence-corrected chi connectivity index (χ1v) is 5.79. The van der Waals surface area contributed by atoms with Crippen molar-refractivity contribution < 1.29 is 24.5 Å². The largest absolute Gasteiger partial charge is 0.481 e. The molecule has 6 nitrogen and oxygen atoms in total. The number of carbonyl (C=O) groups excluding carboxylic acids is 1. The quantitative estimate of drug-likeness (QED) is 0.607. The third-order valence-corrected chi connectivity index (χ3v) is 2.95. The van der Waals surface area contributed by atoms with Crippen molar-refractivity contribution in [3.63, 3.8) is 0 Å². The maximum atomic E-state index is 11.6. The van der Waals surface area contributed by atoms with Crippen LogP contribution in [-0.2, 0) is 14.3 Å². The molecule has 0 bridgehead atoms. The number of aliphatic hydroxyl groups is 1. The summed E-state index contributed by atoms with van der Waals surface area (Å²) in [5.41, 5.74) is -0.585. The molecule has 0 saturated carbocycles. The molecule has 1 saturated heterocycles. The number of rotatable bonds is 6. The van der Waals surface area contributed by atoms with Gasteiger partial charge < -0.3 is 20.3 Å². The Balaban J connectivity index is 2.34. The zero-order valence-corrected chi connectivity index (χ0v) is 9.78. The van der Waals surface area contributed by atoms with E-state index in [-0.39, 0.29) is 25.4 Å². The van der Waals surface area contributed by atoms with E-state index in [0.717, 1.165) is 0 Å². The van der Waals surface area contributed by atoms with Gasteiger partial charge in [-0.15, -0.1) is 0 Å². The molecule has 1 fully saturated rings. The summed E-state index contributed by atoms with van der Waals surface area (Å²) in [7, 11) is 0. The van der Waals surface area contributed by atoms with Gasteiger partial charge in [0, 0.05) is 26.1 Å². The number of amides is 1. The van der Waals surface area contributed by atoms with Crippen molar-refractivity contribution in [1.29, 1.82) is 0 Å². The molecule has 0 atom stereocenters. The number of carboxylic acid groups (broad SMARTS) is 1. The summed E-state index contributed by atoms with van der Waals surface area (Å²) in [6.07, 6.45) is 1.67. The zero-order chi connectivity index (χ0) is 12.7. The van der Waals surface area contributed by atoms with Crippen LogP contribution in [0.1, 0.15) is 32.1 Å². The maximum absolute atomic E-state index is 11.6. The Morgan fingerprint density at radius 3 is 2.41 bits per heavy atom. The summed E-state index contributed by atoms with van der Waals surface area (Å²) >= 11 is 0. The van der Waals surface area contributed by atoms with E-state index in [9.17, 15) is 14.7 Å². The van der Waals surface area contributed by atoms with Crippen LogP contribution in [-0.4, -0.2) is 47.4 Å². The molecule has 98 valence electrons. The van der Waals surface area contributed by atoms with Gasteiger partial charge in [-0.2, -0.15) is 0 Å². The summed E-state index contributed by atoms with van der Waals surface area (Å²) in [5.74, 6) is -1.11. The predicted octanol–water partition coefficient (Wildman–Crippen LogP) is -0.101. The number of aliphatic hydroxyl groups excluding tert-OH is 1. The molecule has 0 spiro atoms. The van der Waals surface area contributed by atoms with Crippen molar-refractivity contribution in [3.8, 4) is 0 Å². The highest BCUT2D eigenvalue weighted by atomic mass is 16.5. The Labute approximate surface area is 100.0 Å². The van der Waals surface area contributed by atoms with Crippen molar-refractivity contribution in [3.05, 3.63) is 0 Å². The standard InChI is InChI=1S/C11H19NO5/c13-8-11(4-6-17-7-5-11)12-9(14)2-1-3-10(15)16/h13H,1-8H2,(H,12,14)(H,15,16). The Hall–Kier alpha value is -1.14. The molecule has 17 heavy (non-hydrogen) atoms. The van der Waals surface area contributed by atoms with Crippen LogP contribution >= 0.6 is 0 Å². The molecule has 6 heteroatoms. The molecule has 0 unspecified atom stereocenters. The monoisotopic (exact) mass is 245 g/mol. The Kier molecular flexibility index (Phi) is 5.37. The Morgan fingerprint density at radius 2 is 1.88 bits per heavy atom. The third-order valence-electron chi connectivity index (χ3n) is 2.95. The zero-order valence-electron chi connectivity index (χ0n) is 9.78. The Morgan fingerprint density at radius 1 is 1.24 bits per heavy atom. The maximum Gasteiger partial charge on any atom is 0.303 e. The van der Waals surface area contributed by atoms with E-state index in [0.29, 0.717) is 32.5 Å². The minimum atomic E-state index is -0.902. The van der Waals surface area contributed by atoms with Crippen molar-refractivity contribution in [2.75, 3.05) is 19.8 Å². The number of aliphatic carboxylic acids is 1. The molecule has 3 N–H and O–H groups in total. The van der Waals surface area contributed by atoms with Crippen molar-refractivity contribution in [2.45, 2.75) is 37.6 Å². The predicted molar refractivity (Wildman–Crippen MR) is 59.5 cm³/mol. The number of ether oxygens (including phenoxy) is 1. The van der Waals surface area contributed by atoms with Crippen molar-refractivity contribution >= 4 is 11.9 Å². The molecular weight excluding hydrogens is 226 g/mol. The first-order chi connectivity index (χ1) is 8.08. The van der Waals surface area contributed by atoms with Gasteiger partial charge in [-0.3, -0.25) is 9.59 Å². The van der Waals surface area contributed by atoms with Gasteiger partial charge in [0.25, 0.3) is 0 Å². The van der Waals surface area contributed by atoms with E-state index in [1.165, 1.54) is 0 Å². The molecule has 0 aromatic carbocycles. The van der Waals surface area contributed by atoms with E-state index >= 15 is 0 Å². The smallest absolute Gasteiger partial charge is 0.303 e. The number of carboxylic acids is 1. The highest BCUT2D eigenvalue weighted by molar-refractivity contribution is 5.77. The Bertz CT molecular complexity index is 273. The molecule has 0 radical (unpaired) electrons. The van der Waals surface area contributed by atoms with Crippen LogP contribution < -0.4 is 5.32 Å². The number of hydrogen-bond donors (Lipinski definition) is 3. The first kappa shape index (κ1) is 13.9. The van der Waals surface area contributed by atoms with Crippen LogP contribution in [0.4, 0.5) is 0 Å². The lowest BCUT2D eigenvalue weighted by molar-refractivity contribution is -0.137. The second-order valence-corrected chi connectivity index (χ2v) is 4.35. The van der Waals surface area contributed by atoms with Crippen LogP contribution in [0.5, 0.6) is 0 Å². The summed E-state index contributed by atoms with van der Waals surface area (Å²) in [6, 6.07) is 0. The van der Waals surface area contributed by atoms with Gasteiger partial charge >= 0.3 is 5.97 Å². The average molecular weight is 245 g/mol. The van der Waals surface area contributed by atoms with Gasteiger partial charge in [-0.1, -0.05) is 0 Å². The van der Waals surface area contributed by atoms with Gasteiger partial charge in [0.05, 0.1) is 12.1 Å². The molecule has 0 aromatic rings. The molecule has 1 amide bonds. The minimum Gasteiger partial charge on any atom is -0.481 e. The molecule has 0 aromatic heterocycles. The van der Waals surface area contributed by atoms with Crippen molar-refractivity contribution in [2.24, 2.45) is 0 Å². The number of hydrogen-bond acceptors (Lipinski definition) is 4. The van der Waals surface area contributed by atoms with Crippen LogP contribution in [0.3, 0.4) is 0 Å². The molecular formula is C11H19NO5. The minimum absolute atomic E-state index is 0.0113. The fraction of sp³-hybridized carbons (Fsp3) is 0.818. The first-order valence-electron chi connectivity index (χ1n) is 5.79. The topological polar surface area (TPSA) is 95.9 Å². The average Bonchev–Trinajstić information content (AvgIpc) is 2.29. The van der Waals surface area contributed by atoms with E-state index in [1.807, 2.05) is 0 Å². The fourth-order valence-electron chi connectivity index (χ4n) is 1.84. The van der Waals surface area contributed by atoms with Crippen LogP contribution in [0.25, 0.3) is 0 Å². The molecule has 1 rings (SSSR count). The van der Waals surface area contributed by atoms with Gasteiger partial charge in [0.2, 0.25) is 5.91 Å². The van der Waals surface area contributed by atoms with Gasteiger partial charge in [0.15, 0.2) is 0 Å². The second-order valence-electron chi connectivity index (χ2n) is 4.35.